The third kappa shape index (κ3) is 2.65. The molecule has 3 rings (SSSR count). The fourth-order valence-corrected chi connectivity index (χ4v) is 4.62. The summed E-state index contributed by atoms with van der Waals surface area (Å²) in [5.74, 6) is -0.586. The fourth-order valence-electron chi connectivity index (χ4n) is 3.08. The molecule has 1 N–H and O–H groups in total. The van der Waals surface area contributed by atoms with Crippen LogP contribution in [0.25, 0.3) is 0 Å². The van der Waals surface area contributed by atoms with Gasteiger partial charge in [-0.05, 0) is 18.2 Å². The van der Waals surface area contributed by atoms with Gasteiger partial charge in [-0.2, -0.15) is 4.31 Å². The van der Waals surface area contributed by atoms with Crippen molar-refractivity contribution < 1.29 is 22.7 Å². The topological polar surface area (TPSA) is 70.1 Å². The molecule has 6 nitrogen and oxygen atoms in total. The van der Waals surface area contributed by atoms with Crippen LogP contribution in [0, 0.1) is 5.82 Å². The summed E-state index contributed by atoms with van der Waals surface area (Å²) in [7, 11) is -3.78. The maximum Gasteiger partial charge on any atom is 0.243 e. The highest BCUT2D eigenvalue weighted by molar-refractivity contribution is 7.89. The first kappa shape index (κ1) is 15.8. The Bertz CT molecular complexity index is 654. The molecule has 1 aromatic rings. The molecule has 2 saturated heterocycles. The van der Waals surface area contributed by atoms with Crippen molar-refractivity contribution in [2.45, 2.75) is 10.4 Å². The second kappa shape index (κ2) is 5.86. The highest BCUT2D eigenvalue weighted by atomic mass is 32.2. The maximum absolute atomic E-state index is 13.3. The molecule has 0 bridgehead atoms. The smallest absolute Gasteiger partial charge is 0.243 e. The predicted molar refractivity (Wildman–Crippen MR) is 77.4 cm³/mol. The van der Waals surface area contributed by atoms with Crippen LogP contribution >= 0.6 is 0 Å². The first-order valence-corrected chi connectivity index (χ1v) is 8.61. The van der Waals surface area contributed by atoms with Crippen LogP contribution in [0.1, 0.15) is 0 Å². The SMILES string of the molecule is O=S(=O)(c1cccc(F)c1)N1CCN2CCOCC2(CO)C1. The van der Waals surface area contributed by atoms with Crippen LogP contribution in [0.15, 0.2) is 29.2 Å². The quantitative estimate of drug-likeness (QED) is 0.838. The molecule has 0 aliphatic carbocycles. The highest BCUT2D eigenvalue weighted by Crippen LogP contribution is 2.28. The molecule has 0 aromatic heterocycles. The molecule has 0 amide bonds. The van der Waals surface area contributed by atoms with Gasteiger partial charge in [0.25, 0.3) is 0 Å². The van der Waals surface area contributed by atoms with Crippen LogP contribution in [0.5, 0.6) is 0 Å². The van der Waals surface area contributed by atoms with E-state index in [0.717, 1.165) is 6.07 Å². The van der Waals surface area contributed by atoms with E-state index in [2.05, 4.69) is 4.90 Å². The average molecular weight is 330 g/mol. The van der Waals surface area contributed by atoms with Gasteiger partial charge in [0, 0.05) is 26.2 Å². The van der Waals surface area contributed by atoms with Gasteiger partial charge in [0.15, 0.2) is 0 Å². The lowest BCUT2D eigenvalue weighted by atomic mass is 9.95. The zero-order valence-corrected chi connectivity index (χ0v) is 12.9. The monoisotopic (exact) mass is 330 g/mol. The number of morpholine rings is 1. The Morgan fingerprint density at radius 2 is 2.14 bits per heavy atom. The van der Waals surface area contributed by atoms with E-state index in [4.69, 9.17) is 4.74 Å². The van der Waals surface area contributed by atoms with E-state index in [-0.39, 0.29) is 18.0 Å². The number of ether oxygens (including phenoxy) is 1. The summed E-state index contributed by atoms with van der Waals surface area (Å²) in [6, 6.07) is 4.99. The number of fused-ring (bicyclic) bond motifs is 1. The minimum Gasteiger partial charge on any atom is -0.394 e. The van der Waals surface area contributed by atoms with E-state index >= 15 is 0 Å². The zero-order valence-electron chi connectivity index (χ0n) is 12.1. The molecular formula is C14H19FN2O4S. The molecule has 1 aromatic carbocycles. The number of nitrogens with zero attached hydrogens (tertiary/aromatic N) is 2. The zero-order chi connectivity index (χ0) is 15.8. The number of piperazine rings is 1. The lowest BCUT2D eigenvalue weighted by Gasteiger charge is -2.51. The van der Waals surface area contributed by atoms with Gasteiger partial charge >= 0.3 is 0 Å². The van der Waals surface area contributed by atoms with Crippen molar-refractivity contribution in [2.75, 3.05) is 46.0 Å². The van der Waals surface area contributed by atoms with Gasteiger partial charge in [-0.3, -0.25) is 4.90 Å². The standard InChI is InChI=1S/C14H19FN2O4S/c15-12-2-1-3-13(8-12)22(19,20)17-5-4-16-6-7-21-11-14(16,9-17)10-18/h1-3,8,18H,4-7,9-11H2. The predicted octanol–water partition coefficient (Wildman–Crippen LogP) is -0.107. The van der Waals surface area contributed by atoms with Gasteiger partial charge in [-0.15, -0.1) is 0 Å². The normalized spacial score (nSPS) is 27.5. The van der Waals surface area contributed by atoms with Crippen LogP contribution in [-0.2, 0) is 14.8 Å². The first-order valence-electron chi connectivity index (χ1n) is 7.17. The van der Waals surface area contributed by atoms with Gasteiger partial charge < -0.3 is 9.84 Å². The molecule has 8 heteroatoms. The fraction of sp³-hybridized carbons (Fsp3) is 0.571. The number of halogens is 1. The molecule has 2 heterocycles. The molecule has 2 fully saturated rings. The van der Waals surface area contributed by atoms with Crippen LogP contribution in [0.4, 0.5) is 4.39 Å². The maximum atomic E-state index is 13.3. The Morgan fingerprint density at radius 1 is 1.32 bits per heavy atom. The number of benzene rings is 1. The number of hydrogen-bond donors (Lipinski definition) is 1. The second-order valence-corrected chi connectivity index (χ2v) is 7.66. The van der Waals surface area contributed by atoms with E-state index in [1.54, 1.807) is 0 Å². The molecule has 0 spiro atoms. The number of aliphatic hydroxyl groups is 1. The second-order valence-electron chi connectivity index (χ2n) is 5.72. The van der Waals surface area contributed by atoms with Crippen LogP contribution in [-0.4, -0.2) is 74.3 Å². The number of hydrogen-bond acceptors (Lipinski definition) is 5. The molecular weight excluding hydrogens is 311 g/mol. The van der Waals surface area contributed by atoms with E-state index in [9.17, 15) is 17.9 Å². The molecule has 1 unspecified atom stereocenters. The lowest BCUT2D eigenvalue weighted by Crippen LogP contribution is -2.69. The first-order chi connectivity index (χ1) is 10.5. The minimum atomic E-state index is -3.78. The van der Waals surface area contributed by atoms with Crippen molar-refractivity contribution in [3.05, 3.63) is 30.1 Å². The summed E-state index contributed by atoms with van der Waals surface area (Å²) >= 11 is 0. The van der Waals surface area contributed by atoms with Gasteiger partial charge in [0.2, 0.25) is 10.0 Å². The van der Waals surface area contributed by atoms with E-state index in [1.165, 1.54) is 22.5 Å². The van der Waals surface area contributed by atoms with Crippen LogP contribution < -0.4 is 0 Å². The molecule has 0 radical (unpaired) electrons. The van der Waals surface area contributed by atoms with Gasteiger partial charge in [-0.1, -0.05) is 6.07 Å². The van der Waals surface area contributed by atoms with Gasteiger partial charge in [0.1, 0.15) is 5.82 Å². The summed E-state index contributed by atoms with van der Waals surface area (Å²) < 4.78 is 45.4. The van der Waals surface area contributed by atoms with Crippen molar-refractivity contribution >= 4 is 10.0 Å². The highest BCUT2D eigenvalue weighted by Gasteiger charge is 2.46. The summed E-state index contributed by atoms with van der Waals surface area (Å²) in [5, 5.41) is 9.77. The van der Waals surface area contributed by atoms with Crippen molar-refractivity contribution in [1.29, 1.82) is 0 Å². The largest absolute Gasteiger partial charge is 0.394 e. The lowest BCUT2D eigenvalue weighted by molar-refractivity contribution is -0.114. The average Bonchev–Trinajstić information content (AvgIpc) is 2.54. The molecule has 2 aliphatic rings. The Kier molecular flexibility index (Phi) is 4.21. The van der Waals surface area contributed by atoms with Crippen molar-refractivity contribution in [2.24, 2.45) is 0 Å². The summed E-state index contributed by atoms with van der Waals surface area (Å²) in [6.45, 7) is 2.36. The Morgan fingerprint density at radius 3 is 2.86 bits per heavy atom. The third-order valence-electron chi connectivity index (χ3n) is 4.37. The molecule has 1 atom stereocenters. The van der Waals surface area contributed by atoms with Gasteiger partial charge in [0.05, 0.1) is 30.3 Å². The van der Waals surface area contributed by atoms with Crippen molar-refractivity contribution in [1.82, 2.24) is 9.21 Å². The van der Waals surface area contributed by atoms with E-state index in [0.29, 0.717) is 32.8 Å². The molecule has 2 aliphatic heterocycles. The summed E-state index contributed by atoms with van der Waals surface area (Å²) in [5.41, 5.74) is -0.711. The Hall–Kier alpha value is -1.06. The third-order valence-corrected chi connectivity index (χ3v) is 6.21. The van der Waals surface area contributed by atoms with Gasteiger partial charge in [-0.25, -0.2) is 12.8 Å². The Labute approximate surface area is 129 Å². The molecule has 122 valence electrons. The van der Waals surface area contributed by atoms with Crippen LogP contribution in [0.2, 0.25) is 0 Å². The number of sulfonamides is 1. The van der Waals surface area contributed by atoms with Crippen molar-refractivity contribution in [3.63, 3.8) is 0 Å². The number of rotatable bonds is 3. The molecule has 0 saturated carbocycles. The number of aliphatic hydroxyl groups excluding tert-OH is 1. The summed E-state index contributed by atoms with van der Waals surface area (Å²) in [6.07, 6.45) is 0. The minimum absolute atomic E-state index is 0.0641. The van der Waals surface area contributed by atoms with E-state index < -0.39 is 21.4 Å². The Balaban J connectivity index is 1.89. The van der Waals surface area contributed by atoms with Crippen LogP contribution in [0.3, 0.4) is 0 Å². The summed E-state index contributed by atoms with van der Waals surface area (Å²) in [4.78, 5) is 2.01. The molecule has 22 heavy (non-hydrogen) atoms. The van der Waals surface area contributed by atoms with E-state index in [1.807, 2.05) is 0 Å². The van der Waals surface area contributed by atoms with Crippen molar-refractivity contribution in [3.8, 4) is 0 Å².